The summed E-state index contributed by atoms with van der Waals surface area (Å²) in [5.74, 6) is -5.45. The second-order valence-corrected chi connectivity index (χ2v) is 9.18. The number of aromatic carboxylic acids is 1. The van der Waals surface area contributed by atoms with Crippen molar-refractivity contribution in [2.75, 3.05) is 0 Å². The molecule has 10 nitrogen and oxygen atoms in total. The van der Waals surface area contributed by atoms with Crippen LogP contribution in [0.2, 0.25) is 0 Å². The number of esters is 4. The minimum Gasteiger partial charge on any atom is -0.545 e. The van der Waals surface area contributed by atoms with Crippen molar-refractivity contribution in [1.29, 1.82) is 0 Å². The molecule has 0 bridgehead atoms. The number of rotatable bonds is 9. The van der Waals surface area contributed by atoms with E-state index in [1.54, 1.807) is 91.0 Å². The Balaban J connectivity index is 0.000000519. The van der Waals surface area contributed by atoms with Gasteiger partial charge in [-0.1, -0.05) is 103 Å². The first-order valence-electron chi connectivity index (χ1n) is 13.7. The average Bonchev–Trinajstić information content (AvgIpc) is 3.10. The van der Waals surface area contributed by atoms with Crippen molar-refractivity contribution in [3.8, 4) is 0 Å². The fourth-order valence-electron chi connectivity index (χ4n) is 3.69. The molecule has 230 valence electrons. The third-order valence-electron chi connectivity index (χ3n) is 5.92. The molecule has 0 heterocycles. The predicted molar refractivity (Wildman–Crippen MR) is 161 cm³/mol. The first-order chi connectivity index (χ1) is 22.3. The Morgan fingerprint density at radius 1 is 0.362 bits per heavy atom. The monoisotopic (exact) mass is 656 g/mol. The molecule has 0 saturated carbocycles. The van der Waals surface area contributed by atoms with Gasteiger partial charge in [-0.2, -0.15) is 0 Å². The van der Waals surface area contributed by atoms with Crippen LogP contribution in [0.3, 0.4) is 0 Å². The minimum absolute atomic E-state index is 0. The summed E-state index contributed by atoms with van der Waals surface area (Å²) in [5.41, 5.74) is 0.309. The Labute approximate surface area is 312 Å². The minimum atomic E-state index is -3.19. The average molecular weight is 657 g/mol. The Morgan fingerprint density at radius 2 is 0.553 bits per heavy atom. The van der Waals surface area contributed by atoms with Crippen LogP contribution in [0.15, 0.2) is 152 Å². The van der Waals surface area contributed by atoms with Gasteiger partial charge in [0.25, 0.3) is 0 Å². The second kappa shape index (κ2) is 18.3. The summed E-state index contributed by atoms with van der Waals surface area (Å²) in [7, 11) is 0. The maximum Gasteiger partial charge on any atom is 1.00 e. The van der Waals surface area contributed by atoms with Crippen molar-refractivity contribution in [3.63, 3.8) is 0 Å². The molecule has 0 atom stereocenters. The van der Waals surface area contributed by atoms with E-state index in [1.165, 1.54) is 60.7 Å². The zero-order valence-electron chi connectivity index (χ0n) is 25.0. The molecule has 5 aromatic rings. The number of carbonyl (C=O) groups is 5. The van der Waals surface area contributed by atoms with Gasteiger partial charge >= 0.3 is 81.4 Å². The van der Waals surface area contributed by atoms with Crippen molar-refractivity contribution in [3.05, 3.63) is 179 Å². The molecule has 0 spiro atoms. The molecule has 5 aromatic carbocycles. The first-order valence-corrected chi connectivity index (χ1v) is 13.7. The van der Waals surface area contributed by atoms with Gasteiger partial charge < -0.3 is 28.8 Å². The zero-order chi connectivity index (χ0) is 32.8. The normalized spacial score (nSPS) is 10.0. The van der Waals surface area contributed by atoms with E-state index in [2.05, 4.69) is 0 Å². The molecule has 0 aliphatic carbocycles. The van der Waals surface area contributed by atoms with Crippen LogP contribution in [-0.4, -0.2) is 36.0 Å². The van der Waals surface area contributed by atoms with Crippen molar-refractivity contribution in [2.45, 2.75) is 6.16 Å². The van der Waals surface area contributed by atoms with E-state index in [0.29, 0.717) is 0 Å². The van der Waals surface area contributed by atoms with Gasteiger partial charge in [0.05, 0.1) is 28.2 Å². The zero-order valence-corrected chi connectivity index (χ0v) is 28.1. The molecule has 0 aliphatic heterocycles. The summed E-state index contributed by atoms with van der Waals surface area (Å²) in [6.45, 7) is 0. The van der Waals surface area contributed by atoms with Crippen molar-refractivity contribution in [1.82, 2.24) is 0 Å². The number of carbonyl (C=O) groups excluding carboxylic acids is 5. The van der Waals surface area contributed by atoms with Crippen LogP contribution in [0.25, 0.3) is 0 Å². The van der Waals surface area contributed by atoms with Gasteiger partial charge in [0.2, 0.25) is 0 Å². The van der Waals surface area contributed by atoms with Crippen LogP contribution >= 0.6 is 0 Å². The Bertz CT molecular complexity index is 1550. The Kier molecular flexibility index (Phi) is 14.2. The molecule has 0 aliphatic rings. The summed E-state index contributed by atoms with van der Waals surface area (Å²) >= 11 is 0. The smallest absolute Gasteiger partial charge is 0.545 e. The van der Waals surface area contributed by atoms with E-state index >= 15 is 0 Å². The van der Waals surface area contributed by atoms with Crippen molar-refractivity contribution in [2.24, 2.45) is 0 Å². The van der Waals surface area contributed by atoms with Crippen LogP contribution in [0.4, 0.5) is 0 Å². The van der Waals surface area contributed by atoms with E-state index in [-0.39, 0.29) is 79.2 Å². The van der Waals surface area contributed by atoms with E-state index in [0.717, 1.165) is 0 Å². The van der Waals surface area contributed by atoms with Crippen LogP contribution < -0.4 is 56.5 Å². The van der Waals surface area contributed by atoms with Crippen molar-refractivity contribution < 1.29 is 99.4 Å². The molecule has 0 amide bonds. The summed E-state index contributed by atoms with van der Waals surface area (Å²) in [6, 6.07) is 38.7. The number of carboxylic acid groups (broad SMARTS) is 1. The Hall–Kier alpha value is -4.91. The summed E-state index contributed by atoms with van der Waals surface area (Å²) in [5, 5.41) is 10.1. The van der Waals surface area contributed by atoms with Crippen LogP contribution in [0.1, 0.15) is 51.8 Å². The SMILES string of the molecule is O=C(OC(OC(=O)c1ccccc1)(OC(=O)c1ccccc1)OC(=O)c1ccccc1)c1ccccc1.O=C([O-])c1ccccc1.[K+]. The van der Waals surface area contributed by atoms with E-state index in [9.17, 15) is 29.1 Å². The van der Waals surface area contributed by atoms with Gasteiger partial charge in [0, 0.05) is 0 Å². The van der Waals surface area contributed by atoms with Crippen LogP contribution in [-0.2, 0) is 18.9 Å². The number of carboxylic acids is 1. The van der Waals surface area contributed by atoms with Gasteiger partial charge in [0.15, 0.2) is 0 Å². The van der Waals surface area contributed by atoms with E-state index < -0.39 is 36.0 Å². The summed E-state index contributed by atoms with van der Waals surface area (Å²) in [4.78, 5) is 62.2. The van der Waals surface area contributed by atoms with Crippen LogP contribution in [0, 0.1) is 0 Å². The maximum atomic E-state index is 13.0. The van der Waals surface area contributed by atoms with Gasteiger partial charge in [-0.3, -0.25) is 0 Å². The third-order valence-corrected chi connectivity index (χ3v) is 5.92. The second-order valence-electron chi connectivity index (χ2n) is 9.18. The molecule has 0 fully saturated rings. The molecule has 5 rings (SSSR count). The van der Waals surface area contributed by atoms with Gasteiger partial charge in [-0.05, 0) is 54.1 Å². The Morgan fingerprint density at radius 3 is 0.723 bits per heavy atom. The molecule has 0 N–H and O–H groups in total. The number of benzene rings is 5. The molecule has 47 heavy (non-hydrogen) atoms. The van der Waals surface area contributed by atoms with Gasteiger partial charge in [0.1, 0.15) is 0 Å². The summed E-state index contributed by atoms with van der Waals surface area (Å²) < 4.78 is 21.3. The molecular formula is C36H25KO10. The van der Waals surface area contributed by atoms with Gasteiger partial charge in [-0.15, -0.1) is 0 Å². The topological polar surface area (TPSA) is 145 Å². The molecule has 0 aromatic heterocycles. The van der Waals surface area contributed by atoms with Crippen molar-refractivity contribution >= 4 is 29.8 Å². The number of hydrogen-bond acceptors (Lipinski definition) is 10. The standard InChI is InChI=1S/C29H20O8.C7H6O2.K/c30-25(21-13-5-1-6-14-21)34-29(35-26(31)22-15-7-2-8-16-22,36-27(32)23-17-9-3-10-18-23)37-28(33)24-19-11-4-12-20-24;8-7(9)6-4-2-1-3-5-6;/h1-20H;1-5H,(H,8,9);/q;;+1/p-1. The maximum absolute atomic E-state index is 13.0. The molecule has 0 unspecified atom stereocenters. The fraction of sp³-hybridized carbons (Fsp3) is 0.0278. The van der Waals surface area contributed by atoms with Crippen LogP contribution in [0.5, 0.6) is 0 Å². The fourth-order valence-corrected chi connectivity index (χ4v) is 3.69. The molecule has 0 saturated heterocycles. The third kappa shape index (κ3) is 11.1. The molecule has 0 radical (unpaired) electrons. The first kappa shape index (κ1) is 36.6. The van der Waals surface area contributed by atoms with E-state index in [4.69, 9.17) is 18.9 Å². The number of hydrogen-bond donors (Lipinski definition) is 0. The quantitative estimate of drug-likeness (QED) is 0.131. The van der Waals surface area contributed by atoms with Gasteiger partial charge in [-0.25, -0.2) is 19.2 Å². The number of ether oxygens (including phenoxy) is 4. The molecule has 11 heteroatoms. The predicted octanol–water partition coefficient (Wildman–Crippen LogP) is 2.08. The largest absolute Gasteiger partial charge is 1.00 e. The van der Waals surface area contributed by atoms with E-state index in [1.807, 2.05) is 0 Å². The summed E-state index contributed by atoms with van der Waals surface area (Å²) in [6.07, 6.45) is -3.19. The molecular weight excluding hydrogens is 631 g/mol.